The molecule has 0 saturated carbocycles. The van der Waals surface area contributed by atoms with Crippen molar-refractivity contribution in [2.75, 3.05) is 0 Å². The van der Waals surface area contributed by atoms with E-state index in [4.69, 9.17) is 4.74 Å². The van der Waals surface area contributed by atoms with E-state index >= 15 is 0 Å². The average Bonchev–Trinajstić information content (AvgIpc) is 2.75. The van der Waals surface area contributed by atoms with Gasteiger partial charge in [-0.3, -0.25) is 4.79 Å². The zero-order valence-electron chi connectivity index (χ0n) is 16.1. The summed E-state index contributed by atoms with van der Waals surface area (Å²) in [7, 11) is 0. The van der Waals surface area contributed by atoms with Crippen LogP contribution in [0.1, 0.15) is 37.0 Å². The standard InChI is InChI=1S/C24H26O4/c1-4-21(25)24(5-2,22(26)20-14-10-7-11-15-20)28-23(27)18(3)16-17-19-12-8-6-9-13-19/h4,6-15,22,26H,1,3,5,16-17H2,2H3. The summed E-state index contributed by atoms with van der Waals surface area (Å²) in [6.07, 6.45) is 0.896. The van der Waals surface area contributed by atoms with Crippen molar-refractivity contribution in [2.24, 2.45) is 0 Å². The number of esters is 1. The molecule has 4 heteroatoms. The van der Waals surface area contributed by atoms with Gasteiger partial charge in [0, 0.05) is 5.57 Å². The maximum atomic E-state index is 12.7. The highest BCUT2D eigenvalue weighted by Crippen LogP contribution is 2.35. The van der Waals surface area contributed by atoms with E-state index in [1.54, 1.807) is 37.3 Å². The molecule has 4 nitrogen and oxygen atoms in total. The Morgan fingerprint density at radius 3 is 2.21 bits per heavy atom. The minimum atomic E-state index is -1.74. The fourth-order valence-electron chi connectivity index (χ4n) is 3.04. The number of aliphatic hydroxyl groups is 1. The summed E-state index contributed by atoms with van der Waals surface area (Å²) in [5.74, 6) is -1.24. The zero-order chi connectivity index (χ0) is 20.6. The highest BCUT2D eigenvalue weighted by molar-refractivity contribution is 6.00. The molecule has 0 amide bonds. The third-order valence-corrected chi connectivity index (χ3v) is 4.81. The molecule has 2 atom stereocenters. The Labute approximate surface area is 166 Å². The fraction of sp³-hybridized carbons (Fsp3) is 0.250. The van der Waals surface area contributed by atoms with Crippen LogP contribution >= 0.6 is 0 Å². The number of benzene rings is 2. The maximum Gasteiger partial charge on any atom is 0.334 e. The molecule has 0 aliphatic rings. The number of aliphatic hydroxyl groups excluding tert-OH is 1. The van der Waals surface area contributed by atoms with Gasteiger partial charge in [0.05, 0.1) is 0 Å². The maximum absolute atomic E-state index is 12.7. The largest absolute Gasteiger partial charge is 0.444 e. The molecule has 0 radical (unpaired) electrons. The quantitative estimate of drug-likeness (QED) is 0.493. The Kier molecular flexibility index (Phi) is 7.47. The van der Waals surface area contributed by atoms with Crippen molar-refractivity contribution >= 4 is 11.8 Å². The molecule has 0 aromatic heterocycles. The first-order valence-electron chi connectivity index (χ1n) is 9.29. The van der Waals surface area contributed by atoms with E-state index in [0.29, 0.717) is 18.4 Å². The van der Waals surface area contributed by atoms with Crippen LogP contribution in [0, 0.1) is 0 Å². The van der Waals surface area contributed by atoms with Crippen LogP contribution < -0.4 is 0 Å². The second kappa shape index (κ2) is 9.81. The normalized spacial score (nSPS) is 13.8. The van der Waals surface area contributed by atoms with E-state index in [1.165, 1.54) is 0 Å². The molecule has 0 aliphatic heterocycles. The Balaban J connectivity index is 2.19. The molecule has 2 unspecified atom stereocenters. The molecule has 0 saturated heterocycles. The molecular weight excluding hydrogens is 352 g/mol. The summed E-state index contributed by atoms with van der Waals surface area (Å²) in [5.41, 5.74) is 0.0707. The van der Waals surface area contributed by atoms with Gasteiger partial charge in [0.25, 0.3) is 0 Å². The monoisotopic (exact) mass is 378 g/mol. The topological polar surface area (TPSA) is 63.6 Å². The molecule has 0 fully saturated rings. The number of ether oxygens (including phenoxy) is 1. The minimum Gasteiger partial charge on any atom is -0.444 e. The van der Waals surface area contributed by atoms with Gasteiger partial charge in [-0.15, -0.1) is 0 Å². The third kappa shape index (κ3) is 4.84. The first kappa shape index (κ1) is 21.3. The lowest BCUT2D eigenvalue weighted by Crippen LogP contribution is -2.47. The molecular formula is C24H26O4. The number of hydrogen-bond donors (Lipinski definition) is 1. The number of carbonyl (C=O) groups excluding carboxylic acids is 2. The molecule has 0 bridgehead atoms. The third-order valence-electron chi connectivity index (χ3n) is 4.81. The molecule has 0 spiro atoms. The second-order valence-corrected chi connectivity index (χ2v) is 6.60. The summed E-state index contributed by atoms with van der Waals surface area (Å²) < 4.78 is 5.60. The number of aryl methyl sites for hydroxylation is 1. The highest BCUT2D eigenvalue weighted by Gasteiger charge is 2.47. The minimum absolute atomic E-state index is 0.103. The molecule has 146 valence electrons. The Morgan fingerprint density at radius 2 is 1.68 bits per heavy atom. The Morgan fingerprint density at radius 1 is 1.11 bits per heavy atom. The zero-order valence-corrected chi connectivity index (χ0v) is 16.1. The van der Waals surface area contributed by atoms with Gasteiger partial charge in [-0.05, 0) is 36.5 Å². The van der Waals surface area contributed by atoms with E-state index in [-0.39, 0.29) is 12.0 Å². The Bertz CT molecular complexity index is 826. The molecule has 2 rings (SSSR count). The van der Waals surface area contributed by atoms with Gasteiger partial charge in [-0.2, -0.15) is 0 Å². The van der Waals surface area contributed by atoms with E-state index in [2.05, 4.69) is 13.2 Å². The van der Waals surface area contributed by atoms with E-state index in [0.717, 1.165) is 11.6 Å². The molecule has 2 aromatic carbocycles. The second-order valence-electron chi connectivity index (χ2n) is 6.60. The predicted octanol–water partition coefficient (Wildman–Crippen LogP) is 4.36. The van der Waals surface area contributed by atoms with Crippen molar-refractivity contribution in [3.63, 3.8) is 0 Å². The van der Waals surface area contributed by atoms with Crippen LogP contribution in [-0.4, -0.2) is 22.5 Å². The summed E-state index contributed by atoms with van der Waals surface area (Å²) in [5, 5.41) is 10.9. The first-order valence-corrected chi connectivity index (χ1v) is 9.29. The van der Waals surface area contributed by atoms with Crippen molar-refractivity contribution in [3.05, 3.63) is 96.6 Å². The van der Waals surface area contributed by atoms with Crippen molar-refractivity contribution in [1.82, 2.24) is 0 Å². The summed E-state index contributed by atoms with van der Waals surface area (Å²) in [4.78, 5) is 25.3. The molecule has 1 N–H and O–H groups in total. The van der Waals surface area contributed by atoms with Gasteiger partial charge < -0.3 is 9.84 Å². The van der Waals surface area contributed by atoms with E-state index in [9.17, 15) is 14.7 Å². The average molecular weight is 378 g/mol. The summed E-state index contributed by atoms with van der Waals surface area (Å²) >= 11 is 0. The van der Waals surface area contributed by atoms with Crippen molar-refractivity contribution < 1.29 is 19.4 Å². The van der Waals surface area contributed by atoms with Gasteiger partial charge in [-0.25, -0.2) is 4.79 Å². The van der Waals surface area contributed by atoms with Crippen LogP contribution in [0.15, 0.2) is 85.5 Å². The lowest BCUT2D eigenvalue weighted by molar-refractivity contribution is -0.176. The van der Waals surface area contributed by atoms with Crippen LogP contribution in [0.5, 0.6) is 0 Å². The van der Waals surface area contributed by atoms with Crippen LogP contribution in [0.4, 0.5) is 0 Å². The number of hydrogen-bond acceptors (Lipinski definition) is 4. The van der Waals surface area contributed by atoms with Gasteiger partial charge in [0.2, 0.25) is 11.4 Å². The van der Waals surface area contributed by atoms with Crippen molar-refractivity contribution in [1.29, 1.82) is 0 Å². The first-order chi connectivity index (χ1) is 13.4. The summed E-state index contributed by atoms with van der Waals surface area (Å²) in [6.45, 7) is 9.00. The molecule has 0 aliphatic carbocycles. The van der Waals surface area contributed by atoms with E-state index < -0.39 is 23.5 Å². The van der Waals surface area contributed by atoms with Crippen LogP contribution in [0.2, 0.25) is 0 Å². The number of carbonyl (C=O) groups is 2. The van der Waals surface area contributed by atoms with Gasteiger partial charge in [0.1, 0.15) is 6.10 Å². The van der Waals surface area contributed by atoms with E-state index in [1.807, 2.05) is 30.3 Å². The fourth-order valence-corrected chi connectivity index (χ4v) is 3.04. The van der Waals surface area contributed by atoms with Crippen LogP contribution in [0.25, 0.3) is 0 Å². The lowest BCUT2D eigenvalue weighted by Gasteiger charge is -2.35. The predicted molar refractivity (Wildman–Crippen MR) is 110 cm³/mol. The van der Waals surface area contributed by atoms with Crippen LogP contribution in [-0.2, 0) is 20.7 Å². The molecule has 28 heavy (non-hydrogen) atoms. The Hall–Kier alpha value is -2.98. The van der Waals surface area contributed by atoms with Gasteiger partial charge >= 0.3 is 5.97 Å². The molecule has 0 heterocycles. The SMILES string of the molecule is C=CC(=O)C(CC)(OC(=O)C(=C)CCc1ccccc1)C(O)c1ccccc1. The number of ketones is 1. The smallest absolute Gasteiger partial charge is 0.334 e. The summed E-state index contributed by atoms with van der Waals surface area (Å²) in [6, 6.07) is 18.4. The van der Waals surface area contributed by atoms with Crippen molar-refractivity contribution in [3.8, 4) is 0 Å². The van der Waals surface area contributed by atoms with Crippen LogP contribution in [0.3, 0.4) is 0 Å². The van der Waals surface area contributed by atoms with Crippen molar-refractivity contribution in [2.45, 2.75) is 37.9 Å². The van der Waals surface area contributed by atoms with Gasteiger partial charge in [0.15, 0.2) is 0 Å². The lowest BCUT2D eigenvalue weighted by atomic mass is 9.84. The van der Waals surface area contributed by atoms with Gasteiger partial charge in [-0.1, -0.05) is 80.7 Å². The highest BCUT2D eigenvalue weighted by atomic mass is 16.6. The molecule has 2 aromatic rings. The number of rotatable bonds is 10.